The third-order valence-corrected chi connectivity index (χ3v) is 0.927. The van der Waals surface area contributed by atoms with Gasteiger partial charge in [-0.15, -0.1) is 0 Å². The lowest BCUT2D eigenvalue weighted by molar-refractivity contribution is 0.257. The van der Waals surface area contributed by atoms with Crippen LogP contribution in [-0.2, 0) is 0 Å². The second-order valence-electron chi connectivity index (χ2n) is 1.55. The molecule has 3 N–H and O–H groups in total. The van der Waals surface area contributed by atoms with Crippen molar-refractivity contribution in [1.29, 1.82) is 0 Å². The highest BCUT2D eigenvalue weighted by Crippen LogP contribution is 2.03. The van der Waals surface area contributed by atoms with Crippen LogP contribution in [0.25, 0.3) is 0 Å². The topological polar surface area (TPSA) is 62.4 Å². The first-order valence-electron chi connectivity index (χ1n) is 2.44. The summed E-state index contributed by atoms with van der Waals surface area (Å²) in [5.41, 5.74) is 0.519. The van der Waals surface area contributed by atoms with Gasteiger partial charge in [-0.2, -0.15) is 5.17 Å². The number of hydrogen-bond acceptors (Lipinski definition) is 4. The van der Waals surface area contributed by atoms with Crippen LogP contribution in [0.5, 0.6) is 0 Å². The molecule has 0 saturated heterocycles. The minimum absolute atomic E-state index is 0.519. The summed E-state index contributed by atoms with van der Waals surface area (Å²) < 4.78 is 0. The molecule has 0 saturated carbocycles. The van der Waals surface area contributed by atoms with Crippen molar-refractivity contribution in [3.05, 3.63) is 24.5 Å². The van der Waals surface area contributed by atoms with Crippen LogP contribution in [0.4, 0.5) is 5.69 Å². The van der Waals surface area contributed by atoms with Crippen LogP contribution >= 0.6 is 0 Å². The Balaban J connectivity index is 2.85. The molecule has 0 amide bonds. The van der Waals surface area contributed by atoms with Crippen molar-refractivity contribution in [3.63, 3.8) is 0 Å². The predicted octanol–water partition coefficient (Wildman–Crippen LogP) is 0.151. The third kappa shape index (κ3) is 1.38. The van der Waals surface area contributed by atoms with E-state index in [1.807, 2.05) is 0 Å². The van der Waals surface area contributed by atoms with Crippen molar-refractivity contribution in [1.82, 2.24) is 4.98 Å². The van der Waals surface area contributed by atoms with Gasteiger partial charge in [0.05, 0.1) is 5.69 Å². The van der Waals surface area contributed by atoms with Gasteiger partial charge in [0.15, 0.2) is 0 Å². The fourth-order valence-electron chi connectivity index (χ4n) is 0.497. The largest absolute Gasteiger partial charge is 0.273 e. The molecule has 48 valence electrons. The van der Waals surface area contributed by atoms with Gasteiger partial charge in [-0.25, -0.2) is 5.84 Å². The van der Waals surface area contributed by atoms with E-state index in [0.717, 1.165) is 0 Å². The molecule has 0 atom stereocenters. The molecule has 1 aromatic rings. The van der Waals surface area contributed by atoms with Crippen LogP contribution in [-0.4, -0.2) is 10.2 Å². The molecular weight excluding hydrogens is 118 g/mol. The molecule has 0 fully saturated rings. The number of hydrogen-bond donors (Lipinski definition) is 2. The maximum absolute atomic E-state index is 8.61. The molecule has 0 unspecified atom stereocenters. The zero-order valence-corrected chi connectivity index (χ0v) is 4.73. The predicted molar refractivity (Wildman–Crippen MR) is 32.7 cm³/mol. The fourth-order valence-corrected chi connectivity index (χ4v) is 0.497. The van der Waals surface area contributed by atoms with Crippen molar-refractivity contribution in [3.8, 4) is 0 Å². The van der Waals surface area contributed by atoms with Gasteiger partial charge in [0, 0.05) is 12.4 Å². The first kappa shape index (κ1) is 6.00. The average Bonchev–Trinajstić information content (AvgIpc) is 1.90. The summed E-state index contributed by atoms with van der Waals surface area (Å²) >= 11 is 0. The third-order valence-electron chi connectivity index (χ3n) is 0.927. The zero-order valence-electron chi connectivity index (χ0n) is 4.73. The van der Waals surface area contributed by atoms with E-state index < -0.39 is 0 Å². The summed E-state index contributed by atoms with van der Waals surface area (Å²) in [6.07, 6.45) is 3.09. The Morgan fingerprint density at radius 1 is 1.44 bits per heavy atom. The van der Waals surface area contributed by atoms with E-state index in [4.69, 9.17) is 11.0 Å². The minimum atomic E-state index is 0.519. The molecule has 4 nitrogen and oxygen atoms in total. The number of aromatic nitrogens is 1. The Hall–Kier alpha value is -1.13. The van der Waals surface area contributed by atoms with E-state index in [9.17, 15) is 0 Å². The maximum Gasteiger partial charge on any atom is 0.0848 e. The van der Waals surface area contributed by atoms with Crippen molar-refractivity contribution in [2.75, 3.05) is 5.17 Å². The standard InChI is InChI=1S/C5H7N3O/c6-8(9)5-1-3-7-4-2-5/h1-4,9H,6H2. The Morgan fingerprint density at radius 3 is 2.33 bits per heavy atom. The van der Waals surface area contributed by atoms with Crippen molar-refractivity contribution in [2.45, 2.75) is 0 Å². The van der Waals surface area contributed by atoms with Gasteiger partial charge in [-0.05, 0) is 12.1 Å². The number of hydrazine groups is 1. The lowest BCUT2D eigenvalue weighted by Gasteiger charge is -2.06. The molecule has 0 aliphatic heterocycles. The van der Waals surface area contributed by atoms with Crippen LogP contribution in [0.1, 0.15) is 0 Å². The summed E-state index contributed by atoms with van der Waals surface area (Å²) in [6.45, 7) is 0. The van der Waals surface area contributed by atoms with E-state index in [1.165, 1.54) is 0 Å². The van der Waals surface area contributed by atoms with Crippen LogP contribution in [0.3, 0.4) is 0 Å². The van der Waals surface area contributed by atoms with Crippen molar-refractivity contribution >= 4 is 5.69 Å². The lowest BCUT2D eigenvalue weighted by Crippen LogP contribution is -2.25. The average molecular weight is 125 g/mol. The van der Waals surface area contributed by atoms with E-state index >= 15 is 0 Å². The molecule has 1 aromatic heterocycles. The Labute approximate surface area is 52.5 Å². The van der Waals surface area contributed by atoms with Gasteiger partial charge in [-0.3, -0.25) is 10.2 Å². The number of nitrogens with two attached hydrogens (primary N) is 1. The van der Waals surface area contributed by atoms with Gasteiger partial charge < -0.3 is 0 Å². The van der Waals surface area contributed by atoms with Crippen LogP contribution in [0, 0.1) is 0 Å². The molecule has 0 radical (unpaired) electrons. The number of pyridine rings is 1. The van der Waals surface area contributed by atoms with Crippen LogP contribution < -0.4 is 11.0 Å². The monoisotopic (exact) mass is 125 g/mol. The van der Waals surface area contributed by atoms with Gasteiger partial charge in [0.1, 0.15) is 0 Å². The quantitative estimate of drug-likeness (QED) is 0.414. The molecule has 1 rings (SSSR count). The molecule has 0 aliphatic carbocycles. The van der Waals surface area contributed by atoms with Gasteiger partial charge in [0.25, 0.3) is 0 Å². The number of anilines is 1. The Kier molecular flexibility index (Phi) is 1.62. The molecule has 0 spiro atoms. The smallest absolute Gasteiger partial charge is 0.0848 e. The fraction of sp³-hybridized carbons (Fsp3) is 0. The van der Waals surface area contributed by atoms with E-state index in [-0.39, 0.29) is 0 Å². The summed E-state index contributed by atoms with van der Waals surface area (Å²) in [5, 5.41) is 9.15. The van der Waals surface area contributed by atoms with Gasteiger partial charge >= 0.3 is 0 Å². The zero-order chi connectivity index (χ0) is 6.69. The second-order valence-corrected chi connectivity index (χ2v) is 1.55. The number of rotatable bonds is 1. The Bertz CT molecular complexity index is 175. The summed E-state index contributed by atoms with van der Waals surface area (Å²) in [5.74, 6) is 4.97. The van der Waals surface area contributed by atoms with Crippen molar-refractivity contribution < 1.29 is 5.21 Å². The van der Waals surface area contributed by atoms with E-state index in [0.29, 0.717) is 10.9 Å². The highest BCUT2D eigenvalue weighted by Gasteiger charge is 1.91. The minimum Gasteiger partial charge on any atom is -0.273 e. The highest BCUT2D eigenvalue weighted by atomic mass is 16.5. The summed E-state index contributed by atoms with van der Waals surface area (Å²) in [6, 6.07) is 3.19. The van der Waals surface area contributed by atoms with Crippen LogP contribution in [0.2, 0.25) is 0 Å². The summed E-state index contributed by atoms with van der Waals surface area (Å²) in [4.78, 5) is 3.73. The Morgan fingerprint density at radius 2 is 2.00 bits per heavy atom. The maximum atomic E-state index is 8.61. The molecule has 0 aliphatic rings. The van der Waals surface area contributed by atoms with Gasteiger partial charge in [0.2, 0.25) is 0 Å². The first-order chi connectivity index (χ1) is 4.30. The van der Waals surface area contributed by atoms with E-state index in [2.05, 4.69) is 4.98 Å². The molecule has 0 bridgehead atoms. The molecule has 0 aromatic carbocycles. The van der Waals surface area contributed by atoms with Gasteiger partial charge in [-0.1, -0.05) is 0 Å². The molecule has 4 heteroatoms. The highest BCUT2D eigenvalue weighted by molar-refractivity contribution is 5.39. The summed E-state index contributed by atoms with van der Waals surface area (Å²) in [7, 11) is 0. The SMILES string of the molecule is NN(O)c1ccncc1. The molecule has 9 heavy (non-hydrogen) atoms. The molecular formula is C5H7N3O. The first-order valence-corrected chi connectivity index (χ1v) is 2.44. The van der Waals surface area contributed by atoms with E-state index in [1.54, 1.807) is 24.5 Å². The van der Waals surface area contributed by atoms with Crippen LogP contribution in [0.15, 0.2) is 24.5 Å². The molecule has 1 heterocycles. The lowest BCUT2D eigenvalue weighted by atomic mass is 10.4. The van der Waals surface area contributed by atoms with Crippen molar-refractivity contribution in [2.24, 2.45) is 5.84 Å². The normalized spacial score (nSPS) is 9.11. The second kappa shape index (κ2) is 2.43. The number of nitrogens with zero attached hydrogens (tertiary/aromatic N) is 2.